The van der Waals surface area contributed by atoms with Crippen molar-refractivity contribution in [2.24, 2.45) is 23.1 Å². The van der Waals surface area contributed by atoms with Crippen LogP contribution in [0, 0.1) is 5.92 Å². The van der Waals surface area contributed by atoms with Gasteiger partial charge in [0.1, 0.15) is 78.3 Å². The van der Waals surface area contributed by atoms with Crippen LogP contribution in [0.15, 0.2) is 97.7 Å². The Bertz CT molecular complexity index is 5200. The number of carbonyl (C=O) groups excluding carboxylic acids is 17. The number of thioether (sulfide) groups is 1. The van der Waals surface area contributed by atoms with Gasteiger partial charge in [-0.15, -0.1) is 11.8 Å². The van der Waals surface area contributed by atoms with E-state index in [0.717, 1.165) is 26.5 Å². The molecule has 42 nitrogen and oxygen atoms in total. The molecule has 6 aromatic rings. The molecule has 0 spiro atoms. The fourth-order valence-electron chi connectivity index (χ4n) is 17.0. The van der Waals surface area contributed by atoms with Gasteiger partial charge in [-0.3, -0.25) is 86.3 Å². The van der Waals surface area contributed by atoms with Crippen molar-refractivity contribution in [3.8, 4) is 5.75 Å². The summed E-state index contributed by atoms with van der Waals surface area (Å²) in [6.45, 7) is 5.33. The lowest BCUT2D eigenvalue weighted by Gasteiger charge is -2.36. The Hall–Kier alpha value is -13.3. The highest BCUT2D eigenvalue weighted by Gasteiger charge is 2.47. The van der Waals surface area contributed by atoms with Crippen LogP contribution < -0.4 is 65.1 Å². The molecule has 3 aliphatic heterocycles. The predicted octanol–water partition coefficient (Wildman–Crippen LogP) is -0.736. The van der Waals surface area contributed by atoms with Crippen molar-refractivity contribution in [2.75, 3.05) is 58.8 Å². The topological polar surface area (TPSA) is 631 Å². The molecule has 3 aromatic heterocycles. The van der Waals surface area contributed by atoms with Gasteiger partial charge in [0.05, 0.1) is 42.9 Å². The van der Waals surface area contributed by atoms with Gasteiger partial charge in [0.2, 0.25) is 94.5 Å². The number of ketones is 1. The molecule has 0 unspecified atom stereocenters. The van der Waals surface area contributed by atoms with Gasteiger partial charge >= 0.3 is 5.97 Å². The van der Waals surface area contributed by atoms with Crippen molar-refractivity contribution < 1.29 is 102 Å². The number of H-pyrrole nitrogens is 3. The average Bonchev–Trinajstić information content (AvgIpc) is 1.80. The Morgan fingerprint density at radius 3 is 1.75 bits per heavy atom. The largest absolute Gasteiger partial charge is 0.508 e. The first-order valence-corrected chi connectivity index (χ1v) is 46.8. The molecule has 6 heterocycles. The normalized spacial score (nSPS) is 24.8. The lowest BCUT2D eigenvalue weighted by atomic mass is 9.90. The molecule has 3 aromatic carbocycles. The average molecular weight is 1900 g/mol. The van der Waals surface area contributed by atoms with E-state index in [-0.39, 0.29) is 95.2 Å². The van der Waals surface area contributed by atoms with Crippen molar-refractivity contribution in [2.45, 2.75) is 247 Å². The number of aromatic amines is 3. The van der Waals surface area contributed by atoms with Crippen LogP contribution >= 0.6 is 11.8 Å². The molecule has 9 rings (SSSR count). The molecule has 732 valence electrons. The number of hydrogen-bond donors (Lipinski definition) is 18. The van der Waals surface area contributed by atoms with E-state index in [2.05, 4.69) is 67.8 Å². The molecule has 21 N–H and O–H groups in total. The number of aliphatic hydroxyl groups is 1. The van der Waals surface area contributed by atoms with E-state index in [0.29, 0.717) is 70.6 Å². The Morgan fingerprint density at radius 1 is 0.548 bits per heavy atom. The summed E-state index contributed by atoms with van der Waals surface area (Å²) in [4.78, 5) is 282. The number of benzene rings is 3. The van der Waals surface area contributed by atoms with Crippen LogP contribution in [-0.2, 0) is 112 Å². The molecule has 3 fully saturated rings. The molecule has 3 aliphatic rings. The second-order valence-electron chi connectivity index (χ2n) is 34.6. The number of nitrogens with two attached hydrogens (primary N) is 3. The molecule has 0 radical (unpaired) electrons. The SMILES string of the molecule is CCCC[C@H]1C(=O)N(C)[C@@H](CCCC)C(=O)N[C@@H](CCCCN)C(=O)N[C@H](C(=O)NCC(N)=O)CSCC(=O)N[C@@H](Cc2ccc(O)cc2)C(=O)N(C)[C@@H](C)C(=O)N[C@@H](CC(=O)O)C(=O)N2CCC[C@H]2C(=O)N[C@@H](Cc2c[nH]cn2)C(=O)N[C@@H](CCC(N)=O)C(=O)N2C[C@H](O)C[C@H]2C(=O)C[C@@H](Cc2c[nH]c3ccccc23)C(=O)N[C@@H](CC)C(=O)N[C@@H](Cc2c[nH]c3ccccc23)C(=O)N1C. The summed E-state index contributed by atoms with van der Waals surface area (Å²) in [5, 5.41) is 57.2. The lowest BCUT2D eigenvalue weighted by molar-refractivity contribution is -0.149. The number of imidazole rings is 1. The van der Waals surface area contributed by atoms with E-state index in [1.165, 1.54) is 74.7 Å². The van der Waals surface area contributed by atoms with Crippen LogP contribution in [0.25, 0.3) is 21.8 Å². The number of carbonyl (C=O) groups is 18. The number of primary amides is 2. The van der Waals surface area contributed by atoms with Gasteiger partial charge in [-0.1, -0.05) is 95.0 Å². The number of carboxylic acid groups (broad SMARTS) is 1. The predicted molar refractivity (Wildman–Crippen MR) is 495 cm³/mol. The first kappa shape index (κ1) is 105. The highest BCUT2D eigenvalue weighted by Crippen LogP contribution is 2.30. The Morgan fingerprint density at radius 2 is 1.13 bits per heavy atom. The molecule has 135 heavy (non-hydrogen) atoms. The number of phenolic OH excluding ortho intramolecular Hbond substituents is 1. The molecule has 16 amide bonds. The number of hydrogen-bond acceptors (Lipinski definition) is 23. The molecular formula is C92H127N21O21S. The van der Waals surface area contributed by atoms with Crippen molar-refractivity contribution in [1.82, 2.24) is 92.3 Å². The third kappa shape index (κ3) is 29.3. The second kappa shape index (κ2) is 50.7. The maximum Gasteiger partial charge on any atom is 0.305 e. The number of aromatic nitrogens is 4. The number of aliphatic hydroxyl groups excluding tert-OH is 1. The minimum absolute atomic E-state index is 0.0281. The Labute approximate surface area is 784 Å². The summed E-state index contributed by atoms with van der Waals surface area (Å²) < 4.78 is 0. The number of fused-ring (bicyclic) bond motifs is 4. The molecule has 43 heteroatoms. The highest BCUT2D eigenvalue weighted by molar-refractivity contribution is 8.00. The maximum atomic E-state index is 15.8. The monoisotopic (exact) mass is 1890 g/mol. The number of unbranched alkanes of at least 4 members (excludes halogenated alkanes) is 3. The van der Waals surface area contributed by atoms with Crippen LogP contribution in [0.1, 0.15) is 159 Å². The van der Waals surface area contributed by atoms with Crippen LogP contribution in [0.4, 0.5) is 0 Å². The van der Waals surface area contributed by atoms with Crippen LogP contribution in [0.2, 0.25) is 0 Å². The zero-order valence-electron chi connectivity index (χ0n) is 77.0. The fraction of sp³-hybridized carbons (Fsp3) is 0.533. The molecule has 3 saturated heterocycles. The number of carboxylic acids is 1. The van der Waals surface area contributed by atoms with Gasteiger partial charge < -0.3 is 120 Å². The minimum atomic E-state index is -1.92. The van der Waals surface area contributed by atoms with Gasteiger partial charge in [-0.25, -0.2) is 4.98 Å². The van der Waals surface area contributed by atoms with Gasteiger partial charge in [-0.2, -0.15) is 0 Å². The van der Waals surface area contributed by atoms with E-state index in [1.807, 2.05) is 26.0 Å². The number of rotatable bonds is 27. The number of likely N-dealkylation sites (N-methyl/N-ethyl adjacent to an activating group) is 3. The number of phenols is 1. The summed E-state index contributed by atoms with van der Waals surface area (Å²) in [6, 6.07) is -0.134. The number of aliphatic carboxylic acids is 1. The summed E-state index contributed by atoms with van der Waals surface area (Å²) in [6.07, 6.45) is 2.74. The second-order valence-corrected chi connectivity index (χ2v) is 35.6. The third-order valence-electron chi connectivity index (χ3n) is 24.7. The first-order valence-electron chi connectivity index (χ1n) is 45.7. The number of nitrogens with one attached hydrogen (secondary N) is 12. The smallest absolute Gasteiger partial charge is 0.305 e. The lowest BCUT2D eigenvalue weighted by Crippen LogP contribution is -2.60. The van der Waals surface area contributed by atoms with Crippen molar-refractivity contribution in [3.63, 3.8) is 0 Å². The van der Waals surface area contributed by atoms with Gasteiger partial charge in [0, 0.05) is 125 Å². The van der Waals surface area contributed by atoms with Crippen LogP contribution in [-0.4, -0.2) is 309 Å². The van der Waals surface area contributed by atoms with E-state index in [9.17, 15) is 63.3 Å². The third-order valence-corrected chi connectivity index (χ3v) is 25.8. The van der Waals surface area contributed by atoms with Gasteiger partial charge in [-0.05, 0) is 119 Å². The number of amides is 16. The molecular weight excluding hydrogens is 1770 g/mol. The summed E-state index contributed by atoms with van der Waals surface area (Å²) in [7, 11) is 3.97. The van der Waals surface area contributed by atoms with Gasteiger partial charge in [0.15, 0.2) is 5.78 Å². The van der Waals surface area contributed by atoms with Gasteiger partial charge in [0.25, 0.3) is 0 Å². The van der Waals surface area contributed by atoms with Crippen molar-refractivity contribution in [3.05, 3.63) is 120 Å². The fourth-order valence-corrected chi connectivity index (χ4v) is 17.9. The molecule has 0 bridgehead atoms. The summed E-state index contributed by atoms with van der Waals surface area (Å²) in [5.74, 6) is -19.5. The van der Waals surface area contributed by atoms with E-state index in [1.54, 1.807) is 55.7 Å². The molecule has 0 aliphatic carbocycles. The van der Waals surface area contributed by atoms with E-state index in [4.69, 9.17) is 17.2 Å². The number of nitrogens with zero attached hydrogens (tertiary/aromatic N) is 6. The highest BCUT2D eigenvalue weighted by atomic mass is 32.2. The summed E-state index contributed by atoms with van der Waals surface area (Å²) in [5.41, 5.74) is 20.1. The van der Waals surface area contributed by atoms with E-state index < -0.39 is 254 Å². The van der Waals surface area contributed by atoms with Crippen molar-refractivity contribution >= 4 is 140 Å². The number of aromatic hydroxyl groups is 1. The first-order chi connectivity index (χ1) is 64.4. The van der Waals surface area contributed by atoms with Crippen LogP contribution in [0.5, 0.6) is 5.75 Å². The number of Topliss-reactive ketones (excluding diaryl/α,β-unsaturated/α-hetero) is 1. The van der Waals surface area contributed by atoms with Crippen LogP contribution in [0.3, 0.4) is 0 Å². The maximum absolute atomic E-state index is 15.8. The molecule has 0 saturated carbocycles. The Kier molecular flexibility index (Phi) is 39.6. The molecule has 15 atom stereocenters. The zero-order valence-corrected chi connectivity index (χ0v) is 77.8. The Balaban J connectivity index is 1.10. The van der Waals surface area contributed by atoms with E-state index >= 15 is 38.4 Å². The number of para-hydroxylation sites is 2. The van der Waals surface area contributed by atoms with Crippen molar-refractivity contribution in [1.29, 1.82) is 0 Å². The standard InChI is InChI=1S/C92H127N21O21S/c1-8-11-25-71-86(128)103-64(24-17-18-34-93)84(126)108-70(82(124)99-46-77(95)118)48-135-49-78(119)101-67(36-52-28-30-57(114)31-29-52)88(130)109(5)51(4)80(122)106-69(42-79(120)121)91(133)112-35-19-27-72(112)87(129)105-66(40-56-45-96-50-100-56)85(127)104-65(32-33-76(94)117)90(132)113-47-58(115)41-74(113)75(116)39-53(37-54-43-97-62-22-15-13-20-59(54)62)81(123)102-61(10-3)83(125)107-68(38-55-44-98-63-23-16-14-21-60(55)63)89(131)111(7)73(26-12-9-2)92(134)110(71)6/h13-16,20-23,28-31,43-45,50-51,53,58,61,64-74,97-98,114-115H,8-12,17-19,24-27,32-42,46-49,93H2,1-7H3,(H2,94,117)(H2,95,118)(H,96,100)(H,99,124)(H,101,119)(H,102,123)(H,103,128)(H,104,127)(H,105,129)(H,106,122)(H,107,125)(H,108,126)(H,120,121)/t51-,53+,58+,61-,64-,65-,66-,67-,68-,69-,70-,71-,72-,73-,74-/m0/s1. The zero-order chi connectivity index (χ0) is 98.4. The minimum Gasteiger partial charge on any atom is -0.508 e. The summed E-state index contributed by atoms with van der Waals surface area (Å²) >= 11 is 0.777. The quantitative estimate of drug-likeness (QED) is 0.0283.